The third kappa shape index (κ3) is 2.95. The topological polar surface area (TPSA) is 51.6 Å². The van der Waals surface area contributed by atoms with Crippen molar-refractivity contribution in [3.05, 3.63) is 108 Å². The highest BCUT2D eigenvalue weighted by Gasteiger charge is 2.22. The summed E-state index contributed by atoms with van der Waals surface area (Å²) in [5.74, 6) is -2.94. The number of hydrogen-bond donors (Lipinski definition) is 0. The Kier molecular flexibility index (Phi) is 4.45. The number of rotatable bonds is 2. The number of aromatic nitrogens is 4. The summed E-state index contributed by atoms with van der Waals surface area (Å²) in [4.78, 5) is 18.3. The molecule has 0 bridgehead atoms. The van der Waals surface area contributed by atoms with E-state index in [1.807, 2.05) is 48.5 Å². The first-order valence-corrected chi connectivity index (χ1v) is 13.2. The van der Waals surface area contributed by atoms with Gasteiger partial charge in [0.1, 0.15) is 23.3 Å². The lowest BCUT2D eigenvalue weighted by Gasteiger charge is -2.18. The Balaban J connectivity index is 1.37. The van der Waals surface area contributed by atoms with Gasteiger partial charge in [-0.25, -0.2) is 37.5 Å². The van der Waals surface area contributed by atoms with Crippen LogP contribution in [-0.4, -0.2) is 19.9 Å². The first-order valence-electron chi connectivity index (χ1n) is 13.2. The maximum absolute atomic E-state index is 14.6. The van der Waals surface area contributed by atoms with Gasteiger partial charge in [0, 0.05) is 21.5 Å². The lowest BCUT2D eigenvalue weighted by molar-refractivity contribution is 0.587. The fourth-order valence-corrected chi connectivity index (χ4v) is 6.34. The number of benzene rings is 7. The lowest BCUT2D eigenvalue weighted by atomic mass is 9.88. The van der Waals surface area contributed by atoms with E-state index in [1.54, 1.807) is 0 Å². The molecule has 198 valence electrons. The lowest BCUT2D eigenvalue weighted by Crippen LogP contribution is -2.00. The van der Waals surface area contributed by atoms with Gasteiger partial charge in [0.25, 0.3) is 0 Å². The first kappa shape index (κ1) is 23.2. The van der Waals surface area contributed by atoms with Crippen molar-refractivity contribution in [2.24, 2.45) is 0 Å². The van der Waals surface area contributed by atoms with Crippen LogP contribution in [0.1, 0.15) is 0 Å². The highest BCUT2D eigenvalue weighted by molar-refractivity contribution is 6.38. The standard InChI is InChI=1S/C34H14F4N4/c35-19-3-1-4-20(36)29(19)33-39-23-11-7-15-17-9-13-25-32-26(42-34(41-25)30-21(37)5-2-6-22(30)38)14-10-18(28(17)32)16-8-12-24(40-33)31(23)27(15)16/h1-14H. The smallest absolute Gasteiger partial charge is 0.166 e. The van der Waals surface area contributed by atoms with Crippen molar-refractivity contribution in [1.29, 1.82) is 0 Å². The molecule has 0 saturated heterocycles. The average Bonchev–Trinajstić information content (AvgIpc) is 2.98. The summed E-state index contributed by atoms with van der Waals surface area (Å²) in [5, 5.41) is 7.25. The number of hydrogen-bond acceptors (Lipinski definition) is 4. The van der Waals surface area contributed by atoms with Crippen molar-refractivity contribution in [3.63, 3.8) is 0 Å². The van der Waals surface area contributed by atoms with Crippen LogP contribution in [0.4, 0.5) is 17.6 Å². The molecular formula is C34H14F4N4. The van der Waals surface area contributed by atoms with Crippen LogP contribution >= 0.6 is 0 Å². The van der Waals surface area contributed by atoms with Gasteiger partial charge in [-0.15, -0.1) is 0 Å². The molecular weight excluding hydrogens is 540 g/mol. The minimum absolute atomic E-state index is 0.0162. The molecule has 0 aliphatic rings. The Morgan fingerprint density at radius 1 is 0.333 bits per heavy atom. The van der Waals surface area contributed by atoms with Gasteiger partial charge in [0.2, 0.25) is 0 Å². The number of fused-ring (bicyclic) bond motifs is 2. The molecule has 2 aromatic heterocycles. The largest absolute Gasteiger partial charge is 0.228 e. The van der Waals surface area contributed by atoms with Crippen LogP contribution in [0.3, 0.4) is 0 Å². The molecule has 0 N–H and O–H groups in total. The molecule has 0 amide bonds. The minimum Gasteiger partial charge on any atom is -0.228 e. The van der Waals surface area contributed by atoms with Gasteiger partial charge in [0.15, 0.2) is 11.6 Å². The summed E-state index contributed by atoms with van der Waals surface area (Å²) in [6.45, 7) is 0. The third-order valence-corrected chi connectivity index (χ3v) is 8.09. The van der Waals surface area contributed by atoms with Crippen molar-refractivity contribution in [2.45, 2.75) is 0 Å². The summed E-state index contributed by atoms with van der Waals surface area (Å²) in [6.07, 6.45) is 0. The quantitative estimate of drug-likeness (QED) is 0.122. The molecule has 0 aliphatic carbocycles. The highest BCUT2D eigenvalue weighted by Crippen LogP contribution is 2.45. The Labute approximate surface area is 233 Å². The number of halogens is 4. The minimum atomic E-state index is -0.728. The molecule has 0 atom stereocenters. The zero-order valence-electron chi connectivity index (χ0n) is 21.4. The SMILES string of the molecule is Fc1cccc(F)c1-c1nc2ccc3c4ccc5nc(-c6c(F)cccc6F)nc6ccc(c7ccc(n1)c2c37)c4c56. The van der Waals surface area contributed by atoms with E-state index in [0.29, 0.717) is 22.1 Å². The van der Waals surface area contributed by atoms with E-state index in [-0.39, 0.29) is 22.8 Å². The van der Waals surface area contributed by atoms with E-state index in [0.717, 1.165) is 43.1 Å². The average molecular weight is 555 g/mol. The molecule has 0 fully saturated rings. The van der Waals surface area contributed by atoms with Crippen LogP contribution in [0.5, 0.6) is 0 Å². The van der Waals surface area contributed by atoms with Crippen molar-refractivity contribution in [3.8, 4) is 22.8 Å². The Bertz CT molecular complexity index is 2240. The fraction of sp³-hybridized carbons (Fsp3) is 0. The molecule has 2 heterocycles. The molecule has 0 spiro atoms. The predicted octanol–water partition coefficient (Wildman–Crippen LogP) is 8.95. The molecule has 9 rings (SSSR count). The summed E-state index contributed by atoms with van der Waals surface area (Å²) < 4.78 is 58.4. The van der Waals surface area contributed by atoms with Gasteiger partial charge >= 0.3 is 0 Å². The molecule has 4 nitrogen and oxygen atoms in total. The summed E-state index contributed by atoms with van der Waals surface area (Å²) in [5.41, 5.74) is 1.76. The molecule has 7 aromatic carbocycles. The van der Waals surface area contributed by atoms with E-state index in [1.165, 1.54) is 36.4 Å². The second kappa shape index (κ2) is 8.04. The molecule has 0 unspecified atom stereocenters. The van der Waals surface area contributed by atoms with Crippen LogP contribution in [0.15, 0.2) is 84.9 Å². The zero-order valence-corrected chi connectivity index (χ0v) is 21.4. The van der Waals surface area contributed by atoms with E-state index in [2.05, 4.69) is 19.9 Å². The van der Waals surface area contributed by atoms with Crippen molar-refractivity contribution >= 4 is 65.2 Å². The summed E-state index contributed by atoms with van der Waals surface area (Å²) in [6, 6.07) is 22.5. The van der Waals surface area contributed by atoms with Crippen LogP contribution in [0, 0.1) is 23.3 Å². The van der Waals surface area contributed by atoms with Gasteiger partial charge in [0.05, 0.1) is 33.2 Å². The second-order valence-electron chi connectivity index (χ2n) is 10.3. The van der Waals surface area contributed by atoms with E-state index >= 15 is 0 Å². The van der Waals surface area contributed by atoms with Crippen LogP contribution < -0.4 is 0 Å². The molecule has 8 heteroatoms. The Hall–Kier alpha value is -5.50. The van der Waals surface area contributed by atoms with Gasteiger partial charge < -0.3 is 0 Å². The highest BCUT2D eigenvalue weighted by atomic mass is 19.1. The maximum Gasteiger partial charge on any atom is 0.166 e. The van der Waals surface area contributed by atoms with Gasteiger partial charge in [-0.05, 0) is 70.1 Å². The Morgan fingerprint density at radius 2 is 0.619 bits per heavy atom. The third-order valence-electron chi connectivity index (χ3n) is 8.09. The van der Waals surface area contributed by atoms with Crippen LogP contribution in [0.2, 0.25) is 0 Å². The first-order chi connectivity index (χ1) is 20.5. The number of nitrogens with zero attached hydrogens (tertiary/aromatic N) is 4. The molecule has 0 aliphatic heterocycles. The van der Waals surface area contributed by atoms with Gasteiger partial charge in [-0.3, -0.25) is 0 Å². The summed E-state index contributed by atoms with van der Waals surface area (Å²) in [7, 11) is 0. The summed E-state index contributed by atoms with van der Waals surface area (Å²) >= 11 is 0. The van der Waals surface area contributed by atoms with Crippen molar-refractivity contribution in [1.82, 2.24) is 19.9 Å². The van der Waals surface area contributed by atoms with E-state index in [4.69, 9.17) is 0 Å². The van der Waals surface area contributed by atoms with Crippen LogP contribution in [-0.2, 0) is 0 Å². The maximum atomic E-state index is 14.6. The molecule has 0 radical (unpaired) electrons. The zero-order chi connectivity index (χ0) is 28.3. The van der Waals surface area contributed by atoms with E-state index < -0.39 is 23.3 Å². The molecule has 42 heavy (non-hydrogen) atoms. The van der Waals surface area contributed by atoms with Gasteiger partial charge in [-0.1, -0.05) is 36.4 Å². The monoisotopic (exact) mass is 554 g/mol. The fourth-order valence-electron chi connectivity index (χ4n) is 6.34. The second-order valence-corrected chi connectivity index (χ2v) is 10.3. The van der Waals surface area contributed by atoms with Crippen molar-refractivity contribution in [2.75, 3.05) is 0 Å². The Morgan fingerprint density at radius 3 is 0.905 bits per heavy atom. The predicted molar refractivity (Wildman–Crippen MR) is 156 cm³/mol. The van der Waals surface area contributed by atoms with Gasteiger partial charge in [-0.2, -0.15) is 0 Å². The molecule has 0 saturated carbocycles. The van der Waals surface area contributed by atoms with E-state index in [9.17, 15) is 17.6 Å². The molecule has 9 aromatic rings. The normalized spacial score (nSPS) is 12.3. The van der Waals surface area contributed by atoms with Crippen molar-refractivity contribution < 1.29 is 17.6 Å². The van der Waals surface area contributed by atoms with Crippen LogP contribution in [0.25, 0.3) is 87.9 Å².